The van der Waals surface area contributed by atoms with Crippen molar-refractivity contribution in [1.82, 2.24) is 9.97 Å². The zero-order valence-electron chi connectivity index (χ0n) is 27.2. The van der Waals surface area contributed by atoms with Crippen LogP contribution in [0, 0.1) is 19.1 Å². The Hall–Kier alpha value is -3.83. The number of aromatic nitrogens is 2. The smallest absolute Gasteiger partial charge is 0 e. The van der Waals surface area contributed by atoms with E-state index in [0.717, 1.165) is 44.5 Å². The number of benzene rings is 4. The van der Waals surface area contributed by atoms with Gasteiger partial charge in [0.25, 0.3) is 0 Å². The third-order valence-electron chi connectivity index (χ3n) is 8.18. The summed E-state index contributed by atoms with van der Waals surface area (Å²) in [7, 11) is 0. The average molecular weight is 840 g/mol. The molecule has 7 rings (SSSR count). The van der Waals surface area contributed by atoms with Crippen molar-refractivity contribution in [2.24, 2.45) is 0 Å². The first-order chi connectivity index (χ1) is 21.7. The fourth-order valence-corrected chi connectivity index (χ4v) is 7.86. The number of nitrogens with zero attached hydrogens (tertiary/aromatic N) is 2. The molecule has 0 bridgehead atoms. The third kappa shape index (κ3) is 7.10. The maximum Gasteiger partial charge on any atom is 0 e. The van der Waals surface area contributed by atoms with E-state index in [-0.39, 0.29) is 20.1 Å². The van der Waals surface area contributed by atoms with E-state index in [1.807, 2.05) is 54.9 Å². The molecule has 0 fully saturated rings. The second-order valence-corrected chi connectivity index (χ2v) is 23.4. The van der Waals surface area contributed by atoms with Crippen molar-refractivity contribution in [3.05, 3.63) is 139 Å². The molecule has 3 heterocycles. The van der Waals surface area contributed by atoms with E-state index in [1.165, 1.54) is 26.6 Å². The Morgan fingerprint density at radius 3 is 2.17 bits per heavy atom. The zero-order valence-corrected chi connectivity index (χ0v) is 31.7. The second-order valence-electron chi connectivity index (χ2n) is 12.8. The van der Waals surface area contributed by atoms with Crippen LogP contribution in [0.25, 0.3) is 55.6 Å². The monoisotopic (exact) mass is 841 g/mol. The summed E-state index contributed by atoms with van der Waals surface area (Å²) < 4.78 is 7.80. The van der Waals surface area contributed by atoms with Gasteiger partial charge in [0.15, 0.2) is 0 Å². The number of rotatable bonds is 5. The SMILES string of the molecule is Cc1cnc(-c2[c-]ccc3c2oc2cccc(-c4ccccc4)c23)cc1C(C)C.[CH3][Ge]([CH3])([CH3])[c]1ccc(-c2[c-]cccc2)nc1.[Ir]. The second kappa shape index (κ2) is 14.3. The number of pyridine rings is 2. The average Bonchev–Trinajstić information content (AvgIpc) is 3.45. The summed E-state index contributed by atoms with van der Waals surface area (Å²) in [5, 5.41) is 2.24. The van der Waals surface area contributed by atoms with E-state index < -0.39 is 13.3 Å². The van der Waals surface area contributed by atoms with Crippen LogP contribution >= 0.6 is 0 Å². The van der Waals surface area contributed by atoms with Crippen LogP contribution in [-0.4, -0.2) is 23.2 Å². The fourth-order valence-electron chi connectivity index (χ4n) is 5.69. The molecule has 7 aromatic rings. The first-order valence-electron chi connectivity index (χ1n) is 15.5. The van der Waals surface area contributed by atoms with Gasteiger partial charge in [0.1, 0.15) is 5.58 Å². The first kappa shape index (κ1) is 33.5. The van der Waals surface area contributed by atoms with Crippen LogP contribution in [0.15, 0.2) is 120 Å². The van der Waals surface area contributed by atoms with Crippen LogP contribution in [0.4, 0.5) is 0 Å². The summed E-state index contributed by atoms with van der Waals surface area (Å²) >= 11 is -1.72. The van der Waals surface area contributed by atoms with Gasteiger partial charge in [-0.3, -0.25) is 0 Å². The van der Waals surface area contributed by atoms with Crippen molar-refractivity contribution in [1.29, 1.82) is 0 Å². The Bertz CT molecular complexity index is 2060. The Morgan fingerprint density at radius 2 is 1.50 bits per heavy atom. The van der Waals surface area contributed by atoms with Crippen molar-refractivity contribution < 1.29 is 24.5 Å². The number of furan rings is 1. The molecule has 0 aliphatic heterocycles. The summed E-state index contributed by atoms with van der Waals surface area (Å²) in [6, 6.07) is 41.8. The maximum atomic E-state index is 6.36. The summed E-state index contributed by atoms with van der Waals surface area (Å²) in [6.07, 6.45) is 3.99. The van der Waals surface area contributed by atoms with Gasteiger partial charge >= 0.3 is 99.8 Å². The molecule has 0 aliphatic rings. The number of hydrogen-bond acceptors (Lipinski definition) is 3. The Morgan fingerprint density at radius 1 is 0.739 bits per heavy atom. The molecule has 0 spiro atoms. The summed E-state index contributed by atoms with van der Waals surface area (Å²) in [5.74, 6) is 7.58. The van der Waals surface area contributed by atoms with Crippen LogP contribution in [0.3, 0.4) is 0 Å². The number of aryl methyl sites for hydroxylation is 1. The Balaban J connectivity index is 0.000000209. The predicted molar refractivity (Wildman–Crippen MR) is 192 cm³/mol. The van der Waals surface area contributed by atoms with Crippen LogP contribution in [0.5, 0.6) is 0 Å². The molecule has 0 amide bonds. The van der Waals surface area contributed by atoms with Gasteiger partial charge in [-0.1, -0.05) is 73.3 Å². The van der Waals surface area contributed by atoms with Gasteiger partial charge in [0, 0.05) is 31.7 Å². The Kier molecular flexibility index (Phi) is 10.4. The van der Waals surface area contributed by atoms with Gasteiger partial charge in [-0.15, -0.1) is 18.2 Å². The fraction of sp³-hybridized carbons (Fsp3) is 0.171. The minimum Gasteiger partial charge on any atom is 0 e. The van der Waals surface area contributed by atoms with Gasteiger partial charge in [0.2, 0.25) is 0 Å². The molecule has 46 heavy (non-hydrogen) atoms. The largest absolute Gasteiger partial charge is 0 e. The summed E-state index contributed by atoms with van der Waals surface area (Å²) in [6.45, 7) is 6.54. The molecule has 3 aromatic heterocycles. The quantitative estimate of drug-likeness (QED) is 0.128. The molecule has 1 radical (unpaired) electrons. The van der Waals surface area contributed by atoms with Crippen molar-refractivity contribution in [3.8, 4) is 33.6 Å². The molecule has 0 atom stereocenters. The molecular formula is C41H38GeIrN2O-2. The standard InChI is InChI=1S/C27H22NO.C14H16GeN.Ir/c1-17(2)23-15-24(28-16-18(23)3)21-12-7-13-22-26-20(19-9-5-4-6-10-19)11-8-14-25(26)29-27(21)22;1-15(2,3)13-9-10-14(16-11-13)12-7-5-4-6-8-12;/h4-11,13-17H,1-3H3;4-7,9-11H,1-3H3;/q2*-1;. The molecule has 4 aromatic carbocycles. The summed E-state index contributed by atoms with van der Waals surface area (Å²) in [4.78, 5) is 9.23. The van der Waals surface area contributed by atoms with Crippen LogP contribution < -0.4 is 4.40 Å². The minimum atomic E-state index is -1.72. The van der Waals surface area contributed by atoms with Crippen LogP contribution in [-0.2, 0) is 20.1 Å². The van der Waals surface area contributed by atoms with E-state index in [0.29, 0.717) is 5.92 Å². The third-order valence-corrected chi connectivity index (χ3v) is 12.4. The molecule has 233 valence electrons. The van der Waals surface area contributed by atoms with Crippen molar-refractivity contribution in [2.75, 3.05) is 0 Å². The van der Waals surface area contributed by atoms with Gasteiger partial charge in [-0.2, -0.15) is 0 Å². The molecule has 0 saturated carbocycles. The molecule has 0 saturated heterocycles. The Labute approximate surface area is 288 Å². The van der Waals surface area contributed by atoms with Crippen molar-refractivity contribution in [3.63, 3.8) is 0 Å². The van der Waals surface area contributed by atoms with E-state index in [1.54, 1.807) is 0 Å². The van der Waals surface area contributed by atoms with Crippen LogP contribution in [0.2, 0.25) is 17.3 Å². The van der Waals surface area contributed by atoms with Gasteiger partial charge in [0.05, 0.1) is 5.58 Å². The molecule has 0 N–H and O–H groups in total. The zero-order chi connectivity index (χ0) is 31.6. The molecule has 0 aliphatic carbocycles. The van der Waals surface area contributed by atoms with E-state index >= 15 is 0 Å². The van der Waals surface area contributed by atoms with E-state index in [4.69, 9.17) is 9.40 Å². The van der Waals surface area contributed by atoms with Crippen LogP contribution in [0.1, 0.15) is 30.9 Å². The molecular weight excluding hydrogens is 801 g/mol. The summed E-state index contributed by atoms with van der Waals surface area (Å²) in [5.41, 5.74) is 10.5. The molecule has 0 unspecified atom stereocenters. The number of hydrogen-bond donors (Lipinski definition) is 0. The van der Waals surface area contributed by atoms with Crippen molar-refractivity contribution >= 4 is 39.6 Å². The minimum absolute atomic E-state index is 0. The van der Waals surface area contributed by atoms with Gasteiger partial charge < -0.3 is 9.40 Å². The van der Waals surface area contributed by atoms with Gasteiger partial charge in [-0.25, -0.2) is 0 Å². The first-order valence-corrected chi connectivity index (χ1v) is 22.9. The maximum absolute atomic E-state index is 6.36. The normalized spacial score (nSPS) is 11.3. The molecule has 5 heteroatoms. The predicted octanol–water partition coefficient (Wildman–Crippen LogP) is 10.6. The number of fused-ring (bicyclic) bond motifs is 3. The topological polar surface area (TPSA) is 38.9 Å². The van der Waals surface area contributed by atoms with Gasteiger partial charge in [-0.05, 0) is 46.9 Å². The van der Waals surface area contributed by atoms with E-state index in [9.17, 15) is 0 Å². The van der Waals surface area contributed by atoms with E-state index in [2.05, 4.69) is 116 Å². The molecule has 3 nitrogen and oxygen atoms in total. The van der Waals surface area contributed by atoms with Crippen molar-refractivity contribution in [2.45, 2.75) is 44.0 Å².